The molecule has 0 atom stereocenters. The van der Waals surface area contributed by atoms with E-state index in [0.717, 1.165) is 5.56 Å². The van der Waals surface area contributed by atoms with Crippen LogP contribution in [-0.4, -0.2) is 26.0 Å². The summed E-state index contributed by atoms with van der Waals surface area (Å²) >= 11 is 0. The van der Waals surface area contributed by atoms with Gasteiger partial charge in [0.05, 0.1) is 21.6 Å². The van der Waals surface area contributed by atoms with E-state index in [1.54, 1.807) is 36.4 Å². The molecule has 2 aromatic carbocycles. The molecule has 3 N–H and O–H groups in total. The van der Waals surface area contributed by atoms with Crippen molar-refractivity contribution in [3.8, 4) is 11.3 Å². The third kappa shape index (κ3) is 3.99. The van der Waals surface area contributed by atoms with Crippen molar-refractivity contribution in [2.45, 2.75) is 29.6 Å². The number of aromatic nitrogens is 1. The van der Waals surface area contributed by atoms with E-state index in [2.05, 4.69) is 10.5 Å². The van der Waals surface area contributed by atoms with Crippen molar-refractivity contribution in [2.24, 2.45) is 5.14 Å². The van der Waals surface area contributed by atoms with Gasteiger partial charge in [-0.1, -0.05) is 29.4 Å². The van der Waals surface area contributed by atoms with E-state index in [9.17, 15) is 17.6 Å². The van der Waals surface area contributed by atoms with E-state index >= 15 is 0 Å². The number of halogens is 1. The van der Waals surface area contributed by atoms with Crippen LogP contribution in [0.1, 0.15) is 24.1 Å². The van der Waals surface area contributed by atoms with Gasteiger partial charge in [-0.2, -0.15) is 0 Å². The van der Waals surface area contributed by atoms with Gasteiger partial charge in [0.2, 0.25) is 15.9 Å². The maximum atomic E-state index is 14.0. The Morgan fingerprint density at radius 1 is 1.17 bits per heavy atom. The SMILES string of the molecule is NS(=O)(=O)c1ccc(CCNC(=O)C2(c3cc(-c4ccccc4F)on3)CC2)cc1. The number of nitrogens with two attached hydrogens (primary N) is 1. The fourth-order valence-electron chi connectivity index (χ4n) is 3.35. The highest BCUT2D eigenvalue weighted by Gasteiger charge is 2.53. The lowest BCUT2D eigenvalue weighted by molar-refractivity contribution is -0.123. The summed E-state index contributed by atoms with van der Waals surface area (Å²) in [5.74, 6) is -0.280. The van der Waals surface area contributed by atoms with Gasteiger partial charge in [-0.05, 0) is 49.1 Å². The Morgan fingerprint density at radius 2 is 1.87 bits per heavy atom. The van der Waals surface area contributed by atoms with Crippen LogP contribution in [0.2, 0.25) is 0 Å². The molecule has 0 saturated heterocycles. The highest BCUT2D eigenvalue weighted by molar-refractivity contribution is 7.89. The van der Waals surface area contributed by atoms with Gasteiger partial charge in [0.15, 0.2) is 5.76 Å². The number of nitrogens with zero attached hydrogens (tertiary/aromatic N) is 1. The zero-order valence-corrected chi connectivity index (χ0v) is 16.8. The minimum absolute atomic E-state index is 0.0453. The van der Waals surface area contributed by atoms with E-state index in [0.29, 0.717) is 37.1 Å². The molecule has 156 valence electrons. The van der Waals surface area contributed by atoms with Crippen LogP contribution < -0.4 is 10.5 Å². The number of carbonyl (C=O) groups is 1. The number of primary sulfonamides is 1. The normalized spacial score (nSPS) is 15.0. The second-order valence-electron chi connectivity index (χ2n) is 7.33. The molecule has 1 amide bonds. The molecule has 1 saturated carbocycles. The predicted octanol–water partition coefficient (Wildman–Crippen LogP) is 2.52. The average Bonchev–Trinajstić information content (AvgIpc) is 3.38. The summed E-state index contributed by atoms with van der Waals surface area (Å²) in [6.07, 6.45) is 1.82. The predicted molar refractivity (Wildman–Crippen MR) is 107 cm³/mol. The molecule has 4 rings (SSSR count). The Balaban J connectivity index is 1.39. The molecular weight excluding hydrogens is 409 g/mol. The molecule has 1 heterocycles. The van der Waals surface area contributed by atoms with Gasteiger partial charge in [-0.25, -0.2) is 17.9 Å². The fraction of sp³-hybridized carbons (Fsp3) is 0.238. The minimum Gasteiger partial charge on any atom is -0.356 e. The van der Waals surface area contributed by atoms with Crippen molar-refractivity contribution in [1.29, 1.82) is 0 Å². The summed E-state index contributed by atoms with van der Waals surface area (Å²) in [4.78, 5) is 12.8. The van der Waals surface area contributed by atoms with Crippen molar-refractivity contribution < 1.29 is 22.1 Å². The maximum absolute atomic E-state index is 14.0. The first kappa shape index (κ1) is 20.2. The molecule has 9 heteroatoms. The molecule has 30 heavy (non-hydrogen) atoms. The summed E-state index contributed by atoms with van der Waals surface area (Å²) in [5, 5.41) is 12.0. The zero-order chi connectivity index (χ0) is 21.4. The molecule has 0 aliphatic heterocycles. The van der Waals surface area contributed by atoms with Crippen LogP contribution in [0.3, 0.4) is 0 Å². The highest BCUT2D eigenvalue weighted by Crippen LogP contribution is 2.48. The first-order valence-electron chi connectivity index (χ1n) is 9.42. The molecular formula is C21H20FN3O4S. The van der Waals surface area contributed by atoms with Crippen LogP contribution in [0.15, 0.2) is 64.0 Å². The molecule has 1 fully saturated rings. The van der Waals surface area contributed by atoms with Crippen LogP contribution in [0.4, 0.5) is 4.39 Å². The Morgan fingerprint density at radius 3 is 2.50 bits per heavy atom. The van der Waals surface area contributed by atoms with Crippen molar-refractivity contribution >= 4 is 15.9 Å². The molecule has 1 aromatic heterocycles. The first-order chi connectivity index (χ1) is 14.3. The number of rotatable bonds is 7. The van der Waals surface area contributed by atoms with Crippen LogP contribution in [-0.2, 0) is 26.7 Å². The molecule has 1 aliphatic rings. The molecule has 3 aromatic rings. The summed E-state index contributed by atoms with van der Waals surface area (Å²) in [5.41, 5.74) is 0.923. The van der Waals surface area contributed by atoms with Crippen LogP contribution in [0, 0.1) is 5.82 Å². The average molecular weight is 429 g/mol. The summed E-state index contributed by atoms with van der Waals surface area (Å²) < 4.78 is 41.9. The number of hydrogen-bond donors (Lipinski definition) is 2. The third-order valence-electron chi connectivity index (χ3n) is 5.28. The second kappa shape index (κ2) is 7.66. The smallest absolute Gasteiger partial charge is 0.238 e. The largest absolute Gasteiger partial charge is 0.356 e. The first-order valence-corrected chi connectivity index (χ1v) is 11.0. The monoisotopic (exact) mass is 429 g/mol. The standard InChI is InChI=1S/C21H20FN3O4S/c22-17-4-2-1-3-16(17)18-13-19(25-29-18)21(10-11-21)20(26)24-12-9-14-5-7-15(8-6-14)30(23,27)28/h1-8,13H,9-12H2,(H,24,26)(H2,23,27,28). The summed E-state index contributed by atoms with van der Waals surface area (Å²) in [6.45, 7) is 0.382. The molecule has 0 unspecified atom stereocenters. The van der Waals surface area contributed by atoms with Crippen LogP contribution in [0.5, 0.6) is 0 Å². The van der Waals surface area contributed by atoms with E-state index in [1.807, 2.05) is 0 Å². The van der Waals surface area contributed by atoms with Crippen molar-refractivity contribution in [3.63, 3.8) is 0 Å². The Hall–Kier alpha value is -3.04. The molecule has 7 nitrogen and oxygen atoms in total. The van der Waals surface area contributed by atoms with E-state index in [1.165, 1.54) is 18.2 Å². The van der Waals surface area contributed by atoms with Gasteiger partial charge >= 0.3 is 0 Å². The lowest BCUT2D eigenvalue weighted by Crippen LogP contribution is -2.36. The molecule has 0 bridgehead atoms. The number of amides is 1. The number of sulfonamides is 1. The van der Waals surface area contributed by atoms with Gasteiger partial charge in [-0.15, -0.1) is 0 Å². The third-order valence-corrected chi connectivity index (χ3v) is 6.20. The van der Waals surface area contributed by atoms with E-state index in [-0.39, 0.29) is 16.6 Å². The number of benzene rings is 2. The quantitative estimate of drug-likeness (QED) is 0.599. The summed E-state index contributed by atoms with van der Waals surface area (Å²) in [7, 11) is -3.73. The van der Waals surface area contributed by atoms with Gasteiger partial charge in [0, 0.05) is 12.6 Å². The second-order valence-corrected chi connectivity index (χ2v) is 8.89. The van der Waals surface area contributed by atoms with Crippen LogP contribution >= 0.6 is 0 Å². The highest BCUT2D eigenvalue weighted by atomic mass is 32.2. The fourth-order valence-corrected chi connectivity index (χ4v) is 3.86. The van der Waals surface area contributed by atoms with Crippen molar-refractivity contribution in [1.82, 2.24) is 10.5 Å². The van der Waals surface area contributed by atoms with E-state index < -0.39 is 21.3 Å². The van der Waals surface area contributed by atoms with Gasteiger partial charge in [0.25, 0.3) is 0 Å². The number of carbonyl (C=O) groups excluding carboxylic acids is 1. The van der Waals surface area contributed by atoms with Gasteiger partial charge < -0.3 is 9.84 Å². The molecule has 1 aliphatic carbocycles. The molecule has 0 spiro atoms. The Labute approximate surface area is 173 Å². The lowest BCUT2D eigenvalue weighted by atomic mass is 10.00. The number of nitrogens with one attached hydrogen (secondary N) is 1. The maximum Gasteiger partial charge on any atom is 0.238 e. The zero-order valence-electron chi connectivity index (χ0n) is 16.0. The van der Waals surface area contributed by atoms with Crippen molar-refractivity contribution in [2.75, 3.05) is 6.54 Å². The number of hydrogen-bond acceptors (Lipinski definition) is 5. The van der Waals surface area contributed by atoms with Crippen LogP contribution in [0.25, 0.3) is 11.3 Å². The Bertz CT molecular complexity index is 1180. The summed E-state index contributed by atoms with van der Waals surface area (Å²) in [6, 6.07) is 14.1. The van der Waals surface area contributed by atoms with Gasteiger partial charge in [0.1, 0.15) is 5.82 Å². The minimum atomic E-state index is -3.73. The Kier molecular flexibility index (Phi) is 5.17. The van der Waals surface area contributed by atoms with Crippen molar-refractivity contribution in [3.05, 3.63) is 71.7 Å². The topological polar surface area (TPSA) is 115 Å². The molecule has 0 radical (unpaired) electrons. The lowest BCUT2D eigenvalue weighted by Gasteiger charge is -2.12. The van der Waals surface area contributed by atoms with E-state index in [4.69, 9.17) is 9.66 Å². The van der Waals surface area contributed by atoms with Gasteiger partial charge in [-0.3, -0.25) is 4.79 Å².